The summed E-state index contributed by atoms with van der Waals surface area (Å²) in [7, 11) is -10.1. The third-order valence-corrected chi connectivity index (χ3v) is 27.8. The first-order valence-corrected chi connectivity index (χ1v) is 33.4. The number of amides is 5. The number of nitrogens with zero attached hydrogens (tertiary/aromatic N) is 3. The lowest BCUT2D eigenvalue weighted by atomic mass is 10.1. The van der Waals surface area contributed by atoms with Gasteiger partial charge >= 0.3 is 17.1 Å². The molecule has 3 aliphatic heterocycles. The number of fused-ring (bicyclic) bond motifs is 3. The highest BCUT2D eigenvalue weighted by Gasteiger charge is 2.46. The predicted octanol–water partition coefficient (Wildman–Crippen LogP) is 9.83. The summed E-state index contributed by atoms with van der Waals surface area (Å²) in [5.74, 6) is -0.978. The van der Waals surface area contributed by atoms with Crippen LogP contribution in [0.4, 0.5) is 0 Å². The van der Waals surface area contributed by atoms with Gasteiger partial charge in [-0.25, -0.2) is 0 Å². The quantitative estimate of drug-likeness (QED) is 0.0505. The van der Waals surface area contributed by atoms with Crippen molar-refractivity contribution >= 4 is 69.0 Å². The standard InChI is InChI=1S/C45H63N5O8Si4.4CH4/c1-34-35-18-9-10-19-36(35)41(51)48(34)29-26-46-24-15-31-60(4,5)57-62(8,33-16-25-47-27-30-50-44(54)39-22-13-14-23-40(39)45(50)55)58-61(6,7)56-59(2,3)32-17-28-49-42(52)37-20-11-12-21-38(37)43(49)53;;;;/h9-14,18-23,46-47H,1,15-17,24-33H2,2-8H3;4*1H4. The third-order valence-electron chi connectivity index (χ3n) is 11.6. The van der Waals surface area contributed by atoms with E-state index in [0.717, 1.165) is 48.8 Å². The van der Waals surface area contributed by atoms with Crippen molar-refractivity contribution in [1.82, 2.24) is 25.3 Å². The molecule has 17 heteroatoms. The summed E-state index contributed by atoms with van der Waals surface area (Å²) in [6.07, 6.45) is 2.35. The SMILES string of the molecule is C.C.C.C.C=C1c2ccccc2C(=O)N1CCNCCC[Si](C)(C)O[Si](C)(CCCNCCN1C(=O)c2ccccc2C1=O)O[Si](C)(C)O[Si](C)(C)CCCN1C(=O)c2ccccc2C1=O. The van der Waals surface area contributed by atoms with Gasteiger partial charge in [-0.1, -0.05) is 78.8 Å². The average molecular weight is 979 g/mol. The van der Waals surface area contributed by atoms with Crippen LogP contribution in [0.5, 0.6) is 0 Å². The van der Waals surface area contributed by atoms with Crippen molar-refractivity contribution in [3.8, 4) is 0 Å². The summed E-state index contributed by atoms with van der Waals surface area (Å²) >= 11 is 0. The van der Waals surface area contributed by atoms with E-state index in [2.05, 4.69) is 63.0 Å². The number of rotatable bonds is 24. The van der Waals surface area contributed by atoms with Crippen molar-refractivity contribution in [3.63, 3.8) is 0 Å². The summed E-state index contributed by atoms with van der Waals surface area (Å²) < 4.78 is 21.3. The molecule has 364 valence electrons. The number of nitrogens with one attached hydrogen (secondary N) is 2. The second kappa shape index (κ2) is 24.2. The lowest BCUT2D eigenvalue weighted by Crippen LogP contribution is -2.58. The molecule has 13 nitrogen and oxygen atoms in total. The number of hydrogen-bond donors (Lipinski definition) is 2. The van der Waals surface area contributed by atoms with Crippen LogP contribution >= 0.6 is 0 Å². The van der Waals surface area contributed by atoms with Gasteiger partial charge in [-0.3, -0.25) is 33.8 Å². The fraction of sp³-hybridized carbons (Fsp3) is 0.490. The van der Waals surface area contributed by atoms with Crippen LogP contribution in [0.15, 0.2) is 79.4 Å². The van der Waals surface area contributed by atoms with Crippen LogP contribution in [0.25, 0.3) is 5.70 Å². The maximum absolute atomic E-state index is 13.0. The Morgan fingerprint density at radius 3 is 1.24 bits per heavy atom. The molecule has 6 rings (SSSR count). The number of imide groups is 2. The normalized spacial score (nSPS) is 15.4. The predicted molar refractivity (Wildman–Crippen MR) is 278 cm³/mol. The van der Waals surface area contributed by atoms with E-state index >= 15 is 0 Å². The maximum atomic E-state index is 13.0. The highest BCUT2D eigenvalue weighted by molar-refractivity contribution is 6.89. The molecule has 5 amide bonds. The highest BCUT2D eigenvalue weighted by Crippen LogP contribution is 2.33. The molecule has 0 aliphatic carbocycles. The first-order valence-electron chi connectivity index (χ1n) is 21.8. The van der Waals surface area contributed by atoms with E-state index in [1.54, 1.807) is 53.4 Å². The van der Waals surface area contributed by atoms with Gasteiger partial charge in [0.25, 0.3) is 29.5 Å². The summed E-state index contributed by atoms with van der Waals surface area (Å²) in [5.41, 5.74) is 4.19. The van der Waals surface area contributed by atoms with Crippen molar-refractivity contribution in [2.45, 2.75) is 113 Å². The molecule has 0 fully saturated rings. The highest BCUT2D eigenvalue weighted by atomic mass is 28.5. The zero-order valence-corrected chi connectivity index (χ0v) is 41.4. The van der Waals surface area contributed by atoms with Crippen molar-refractivity contribution < 1.29 is 36.3 Å². The largest absolute Gasteiger partial charge is 0.436 e. The molecular weight excluding hydrogens is 899 g/mol. The van der Waals surface area contributed by atoms with Gasteiger partial charge in [0, 0.05) is 49.5 Å². The van der Waals surface area contributed by atoms with Gasteiger partial charge in [-0.15, -0.1) is 0 Å². The second-order valence-corrected chi connectivity index (χ2v) is 34.3. The molecule has 3 aromatic carbocycles. The Balaban J connectivity index is 0.00000374. The third kappa shape index (κ3) is 13.9. The lowest BCUT2D eigenvalue weighted by Gasteiger charge is -2.43. The van der Waals surface area contributed by atoms with Crippen LogP contribution in [0.1, 0.15) is 106 Å². The Bertz CT molecular complexity index is 2100. The van der Waals surface area contributed by atoms with Gasteiger partial charge in [0.2, 0.25) is 0 Å². The van der Waals surface area contributed by atoms with Crippen molar-refractivity contribution in [2.75, 3.05) is 45.8 Å². The average Bonchev–Trinajstić information content (AvgIpc) is 3.71. The summed E-state index contributed by atoms with van der Waals surface area (Å²) in [4.78, 5) is 69.0. The maximum Gasteiger partial charge on any atom is 0.315 e. The van der Waals surface area contributed by atoms with E-state index in [1.807, 2.05) is 24.3 Å². The Morgan fingerprint density at radius 1 is 0.439 bits per heavy atom. The van der Waals surface area contributed by atoms with Crippen molar-refractivity contribution in [2.24, 2.45) is 0 Å². The molecule has 2 N–H and O–H groups in total. The minimum absolute atomic E-state index is 0. The minimum Gasteiger partial charge on any atom is -0.436 e. The van der Waals surface area contributed by atoms with Gasteiger partial charge in [0.05, 0.1) is 22.3 Å². The summed E-state index contributed by atoms with van der Waals surface area (Å²) in [5, 5.41) is 6.95. The van der Waals surface area contributed by atoms with Crippen LogP contribution in [0, 0.1) is 0 Å². The van der Waals surface area contributed by atoms with Crippen LogP contribution in [0.3, 0.4) is 0 Å². The van der Waals surface area contributed by atoms with E-state index in [4.69, 9.17) is 12.3 Å². The zero-order valence-electron chi connectivity index (χ0n) is 37.4. The molecule has 1 atom stereocenters. The van der Waals surface area contributed by atoms with Gasteiger partial charge in [-0.05, 0) is 127 Å². The molecule has 0 radical (unpaired) electrons. The Morgan fingerprint density at radius 2 is 0.788 bits per heavy atom. The van der Waals surface area contributed by atoms with Gasteiger partial charge in [-0.2, -0.15) is 0 Å². The smallest absolute Gasteiger partial charge is 0.315 e. The summed E-state index contributed by atoms with van der Waals surface area (Å²) in [6.45, 7) is 23.1. The van der Waals surface area contributed by atoms with Gasteiger partial charge in [0.15, 0.2) is 16.6 Å². The van der Waals surface area contributed by atoms with Crippen LogP contribution in [-0.4, -0.2) is 124 Å². The summed E-state index contributed by atoms with van der Waals surface area (Å²) in [6, 6.07) is 23.9. The minimum atomic E-state index is -2.83. The molecule has 3 heterocycles. The number of hydrogen-bond acceptors (Lipinski definition) is 10. The van der Waals surface area contributed by atoms with Gasteiger partial charge in [0.1, 0.15) is 0 Å². The van der Waals surface area contributed by atoms with Crippen LogP contribution in [0.2, 0.25) is 64.0 Å². The molecular formula is C49H79N5O8Si4. The second-order valence-electron chi connectivity index (χ2n) is 18.2. The molecule has 1 unspecified atom stereocenters. The topological polar surface area (TPSA) is 147 Å². The zero-order chi connectivity index (χ0) is 44.9. The fourth-order valence-corrected chi connectivity index (χ4v) is 28.7. The molecule has 66 heavy (non-hydrogen) atoms. The van der Waals surface area contributed by atoms with E-state index < -0.39 is 33.8 Å². The van der Waals surface area contributed by atoms with Crippen molar-refractivity contribution in [1.29, 1.82) is 0 Å². The van der Waals surface area contributed by atoms with E-state index in [1.165, 1.54) is 9.80 Å². The fourth-order valence-electron chi connectivity index (χ4n) is 8.94. The van der Waals surface area contributed by atoms with Crippen molar-refractivity contribution in [3.05, 3.63) is 113 Å². The monoisotopic (exact) mass is 978 g/mol. The van der Waals surface area contributed by atoms with E-state index in [0.29, 0.717) is 73.5 Å². The van der Waals surface area contributed by atoms with E-state index in [-0.39, 0.29) is 59.2 Å². The van der Waals surface area contributed by atoms with Crippen LogP contribution in [-0.2, 0) is 12.3 Å². The lowest BCUT2D eigenvalue weighted by molar-refractivity contribution is 0.0639. The number of carbonyl (C=O) groups excluding carboxylic acids is 5. The Kier molecular flexibility index (Phi) is 21.3. The Hall–Kier alpha value is -4.18. The number of benzene rings is 3. The molecule has 3 aliphatic rings. The Labute approximate surface area is 400 Å². The molecule has 3 aromatic rings. The van der Waals surface area contributed by atoms with Gasteiger partial charge < -0.3 is 27.9 Å². The number of carbonyl (C=O) groups is 5. The van der Waals surface area contributed by atoms with E-state index in [9.17, 15) is 24.0 Å². The molecule has 0 bridgehead atoms. The molecule has 0 aromatic heterocycles. The molecule has 0 saturated carbocycles. The van der Waals surface area contributed by atoms with Crippen LogP contribution < -0.4 is 10.6 Å². The molecule has 0 spiro atoms. The first-order chi connectivity index (χ1) is 29.3. The first kappa shape index (κ1) is 57.9. The molecule has 0 saturated heterocycles.